The Balaban J connectivity index is 1.28. The van der Waals surface area contributed by atoms with Gasteiger partial charge in [-0.2, -0.15) is 0 Å². The van der Waals surface area contributed by atoms with Crippen LogP contribution in [0.4, 0.5) is 0 Å². The van der Waals surface area contributed by atoms with Crippen LogP contribution >= 0.6 is 0 Å². The highest BCUT2D eigenvalue weighted by molar-refractivity contribution is 5.95. The van der Waals surface area contributed by atoms with Crippen molar-refractivity contribution < 1.29 is 9.59 Å². The van der Waals surface area contributed by atoms with E-state index >= 15 is 0 Å². The molecule has 1 N–H and O–H groups in total. The zero-order valence-corrected chi connectivity index (χ0v) is 18.9. The fraction of sp³-hybridized carbons (Fsp3) is 0.520. The Bertz CT molecular complexity index is 1220. The van der Waals surface area contributed by atoms with Crippen molar-refractivity contribution in [3.05, 3.63) is 63.6 Å². The summed E-state index contributed by atoms with van der Waals surface area (Å²) in [6, 6.07) is 0.158. The normalized spacial score (nSPS) is 25.4. The predicted molar refractivity (Wildman–Crippen MR) is 121 cm³/mol. The Morgan fingerprint density at radius 3 is 2.73 bits per heavy atom. The smallest absolute Gasteiger partial charge is 0.263 e. The fourth-order valence-electron chi connectivity index (χ4n) is 5.84. The second-order valence-electron chi connectivity index (χ2n) is 9.99. The molecule has 8 heteroatoms. The summed E-state index contributed by atoms with van der Waals surface area (Å²) in [7, 11) is 1.87. The number of aryl methyl sites for hydroxylation is 1. The van der Waals surface area contributed by atoms with Crippen molar-refractivity contribution in [1.29, 1.82) is 0 Å². The number of rotatable bonds is 5. The van der Waals surface area contributed by atoms with Gasteiger partial charge in [-0.05, 0) is 55.1 Å². The topological polar surface area (TPSA) is 89.2 Å². The van der Waals surface area contributed by atoms with Gasteiger partial charge in [-0.1, -0.05) is 12.2 Å². The monoisotopic (exact) mass is 447 g/mol. The van der Waals surface area contributed by atoms with Crippen LogP contribution in [0, 0.1) is 17.8 Å². The van der Waals surface area contributed by atoms with Gasteiger partial charge in [0, 0.05) is 50.7 Å². The van der Waals surface area contributed by atoms with Crippen LogP contribution in [0.1, 0.15) is 59.0 Å². The molecule has 8 nitrogen and oxygen atoms in total. The molecule has 3 heterocycles. The van der Waals surface area contributed by atoms with Gasteiger partial charge in [-0.3, -0.25) is 14.4 Å². The Kier molecular flexibility index (Phi) is 4.78. The summed E-state index contributed by atoms with van der Waals surface area (Å²) < 4.78 is 3.57. The molecule has 2 amide bonds. The first-order valence-electron chi connectivity index (χ1n) is 12.0. The van der Waals surface area contributed by atoms with Gasteiger partial charge in [0.05, 0.1) is 6.54 Å². The summed E-state index contributed by atoms with van der Waals surface area (Å²) in [5, 5.41) is 2.89. The van der Waals surface area contributed by atoms with E-state index in [1.54, 1.807) is 10.8 Å². The zero-order valence-electron chi connectivity index (χ0n) is 18.9. The predicted octanol–water partition coefficient (Wildman–Crippen LogP) is 1.94. The first-order valence-corrected chi connectivity index (χ1v) is 12.0. The molecule has 3 atom stereocenters. The molecule has 0 radical (unpaired) electrons. The van der Waals surface area contributed by atoms with Gasteiger partial charge in [0.15, 0.2) is 0 Å². The molecular weight excluding hydrogens is 418 g/mol. The van der Waals surface area contributed by atoms with Crippen LogP contribution in [-0.2, 0) is 31.4 Å². The van der Waals surface area contributed by atoms with Crippen LogP contribution in [-0.4, -0.2) is 37.4 Å². The van der Waals surface area contributed by atoms with Crippen molar-refractivity contribution >= 4 is 11.8 Å². The van der Waals surface area contributed by atoms with Crippen molar-refractivity contribution in [2.24, 2.45) is 24.8 Å². The molecule has 0 spiro atoms. The standard InChI is InChI=1S/C25H29N5O3/c1-28-9-7-26-21(28)12-27-23(31)22-19-6-8-29(24(32)20-11-15-2-3-16(20)10-15)13-17(19)14-30(25(22)33)18-4-5-18/h2-3,7,9,14-16,18,20H,4-6,8,10-13H2,1H3,(H,27,31)/t15-,16+,20+/m1/s1. The first-order chi connectivity index (χ1) is 16.0. The van der Waals surface area contributed by atoms with Gasteiger partial charge in [0.1, 0.15) is 11.4 Å². The summed E-state index contributed by atoms with van der Waals surface area (Å²) in [5.41, 5.74) is 1.75. The summed E-state index contributed by atoms with van der Waals surface area (Å²) in [6.45, 7) is 1.28. The van der Waals surface area contributed by atoms with Crippen LogP contribution in [0.25, 0.3) is 0 Å². The number of nitrogens with zero attached hydrogens (tertiary/aromatic N) is 4. The number of fused-ring (bicyclic) bond motifs is 3. The van der Waals surface area contributed by atoms with E-state index in [2.05, 4.69) is 22.5 Å². The molecule has 0 saturated heterocycles. The molecular formula is C25H29N5O3. The van der Waals surface area contributed by atoms with E-state index in [0.29, 0.717) is 31.3 Å². The van der Waals surface area contributed by atoms with E-state index in [4.69, 9.17) is 0 Å². The van der Waals surface area contributed by atoms with Crippen molar-refractivity contribution in [2.75, 3.05) is 6.54 Å². The molecule has 3 aliphatic carbocycles. The maximum atomic E-state index is 13.3. The number of carbonyl (C=O) groups is 2. The number of hydrogen-bond acceptors (Lipinski definition) is 4. The van der Waals surface area contributed by atoms with E-state index in [0.717, 1.165) is 42.6 Å². The molecule has 2 aromatic heterocycles. The second-order valence-corrected chi connectivity index (χ2v) is 9.99. The third-order valence-corrected chi connectivity index (χ3v) is 7.83. The number of imidazole rings is 1. The van der Waals surface area contributed by atoms with Gasteiger partial charge in [-0.25, -0.2) is 4.98 Å². The maximum Gasteiger partial charge on any atom is 0.263 e. The fourth-order valence-corrected chi connectivity index (χ4v) is 5.84. The largest absolute Gasteiger partial charge is 0.345 e. The lowest BCUT2D eigenvalue weighted by Crippen LogP contribution is -2.43. The van der Waals surface area contributed by atoms with Gasteiger partial charge < -0.3 is 19.4 Å². The van der Waals surface area contributed by atoms with Crippen LogP contribution < -0.4 is 10.9 Å². The molecule has 2 saturated carbocycles. The Morgan fingerprint density at radius 1 is 1.21 bits per heavy atom. The van der Waals surface area contributed by atoms with E-state index in [-0.39, 0.29) is 41.4 Å². The van der Waals surface area contributed by atoms with Gasteiger partial charge in [0.2, 0.25) is 5.91 Å². The summed E-state index contributed by atoms with van der Waals surface area (Å²) in [5.74, 6) is 1.60. The molecule has 2 fully saturated rings. The van der Waals surface area contributed by atoms with Crippen LogP contribution in [0.15, 0.2) is 35.5 Å². The molecule has 2 aromatic rings. The van der Waals surface area contributed by atoms with Gasteiger partial charge in [-0.15, -0.1) is 0 Å². The second kappa shape index (κ2) is 7.71. The number of amides is 2. The number of carbonyl (C=O) groups excluding carboxylic acids is 2. The molecule has 2 bridgehead atoms. The minimum atomic E-state index is -0.354. The lowest BCUT2D eigenvalue weighted by atomic mass is 9.90. The first kappa shape index (κ1) is 20.4. The number of nitrogens with one attached hydrogen (secondary N) is 1. The van der Waals surface area contributed by atoms with E-state index in [1.807, 2.05) is 28.9 Å². The third-order valence-electron chi connectivity index (χ3n) is 7.83. The number of hydrogen-bond donors (Lipinski definition) is 1. The zero-order chi connectivity index (χ0) is 22.7. The van der Waals surface area contributed by atoms with Crippen LogP contribution in [0.2, 0.25) is 0 Å². The summed E-state index contributed by atoms with van der Waals surface area (Å²) in [4.78, 5) is 46.0. The van der Waals surface area contributed by atoms with Crippen LogP contribution in [0.5, 0.6) is 0 Å². The van der Waals surface area contributed by atoms with Gasteiger partial charge in [0.25, 0.3) is 11.5 Å². The molecule has 0 aromatic carbocycles. The Hall–Kier alpha value is -3.16. The highest BCUT2D eigenvalue weighted by atomic mass is 16.2. The Morgan fingerprint density at radius 2 is 2.06 bits per heavy atom. The minimum absolute atomic E-state index is 0.0800. The molecule has 4 aliphatic rings. The average molecular weight is 448 g/mol. The molecule has 1 aliphatic heterocycles. The summed E-state index contributed by atoms with van der Waals surface area (Å²) >= 11 is 0. The van der Waals surface area contributed by atoms with E-state index in [9.17, 15) is 14.4 Å². The quantitative estimate of drug-likeness (QED) is 0.710. The van der Waals surface area contributed by atoms with Gasteiger partial charge >= 0.3 is 0 Å². The van der Waals surface area contributed by atoms with Crippen LogP contribution in [0.3, 0.4) is 0 Å². The molecule has 172 valence electrons. The van der Waals surface area contributed by atoms with Crippen molar-refractivity contribution in [2.45, 2.75) is 51.2 Å². The number of pyridine rings is 1. The Labute approximate surface area is 192 Å². The molecule has 33 heavy (non-hydrogen) atoms. The highest BCUT2D eigenvalue weighted by Gasteiger charge is 2.42. The minimum Gasteiger partial charge on any atom is -0.345 e. The third kappa shape index (κ3) is 3.52. The van der Waals surface area contributed by atoms with E-state index in [1.165, 1.54) is 0 Å². The van der Waals surface area contributed by atoms with Crippen molar-refractivity contribution in [1.82, 2.24) is 24.3 Å². The molecule has 0 unspecified atom stereocenters. The highest BCUT2D eigenvalue weighted by Crippen LogP contribution is 2.44. The lowest BCUT2D eigenvalue weighted by Gasteiger charge is -2.33. The van der Waals surface area contributed by atoms with E-state index < -0.39 is 0 Å². The van der Waals surface area contributed by atoms with Crippen molar-refractivity contribution in [3.8, 4) is 0 Å². The summed E-state index contributed by atoms with van der Waals surface area (Å²) in [6.07, 6.45) is 14.4. The molecule has 6 rings (SSSR count). The SMILES string of the molecule is Cn1ccnc1CNC(=O)c1c2c(cn(C3CC3)c1=O)CN(C(=O)[C@H]1C[C@@H]3C=C[C@H]1C3)CC2. The average Bonchev–Trinajstić information content (AvgIpc) is 3.22. The lowest BCUT2D eigenvalue weighted by molar-refractivity contribution is -0.137. The van der Waals surface area contributed by atoms with Crippen molar-refractivity contribution in [3.63, 3.8) is 0 Å². The maximum absolute atomic E-state index is 13.3. The number of aromatic nitrogens is 3. The number of allylic oxidation sites excluding steroid dienone is 2.